The zero-order valence-corrected chi connectivity index (χ0v) is 11.5. The van der Waals surface area contributed by atoms with Crippen LogP contribution in [0.5, 0.6) is 0 Å². The predicted molar refractivity (Wildman–Crippen MR) is 76.2 cm³/mol. The number of hydrogen-bond acceptors (Lipinski definition) is 4. The molecule has 4 N–H and O–H groups in total. The number of carbonyl (C=O) groups excluding carboxylic acids is 1. The van der Waals surface area contributed by atoms with Gasteiger partial charge in [0.1, 0.15) is 0 Å². The number of nitrogens with two attached hydrogens (primary N) is 2. The summed E-state index contributed by atoms with van der Waals surface area (Å²) in [5.74, 6) is -0.460. The van der Waals surface area contributed by atoms with E-state index in [0.29, 0.717) is 11.3 Å². The van der Waals surface area contributed by atoms with E-state index in [-0.39, 0.29) is 5.60 Å². The number of hydrogen-bond donors (Lipinski definition) is 2. The van der Waals surface area contributed by atoms with Crippen LogP contribution in [-0.2, 0) is 4.74 Å². The van der Waals surface area contributed by atoms with Crippen molar-refractivity contribution in [3.8, 4) is 0 Å². The van der Waals surface area contributed by atoms with Crippen LogP contribution >= 0.6 is 0 Å². The second kappa shape index (κ2) is 5.09. The average molecular weight is 263 g/mol. The molecule has 5 nitrogen and oxygen atoms in total. The van der Waals surface area contributed by atoms with E-state index in [2.05, 4.69) is 11.8 Å². The van der Waals surface area contributed by atoms with Crippen molar-refractivity contribution in [3.05, 3.63) is 23.8 Å². The molecule has 1 atom stereocenters. The maximum Gasteiger partial charge on any atom is 0.248 e. The van der Waals surface area contributed by atoms with Gasteiger partial charge in [0, 0.05) is 25.8 Å². The Balaban J connectivity index is 2.24. The standard InChI is InChI=1S/C14H21N3O2/c1-14(19-2)6-3-7-17(9-14)12-5-4-10(13(16)18)8-11(12)15/h4-5,8H,3,6-7,9,15H2,1-2H3,(H2,16,18). The lowest BCUT2D eigenvalue weighted by Crippen LogP contribution is -2.47. The van der Waals surface area contributed by atoms with Crippen LogP contribution in [-0.4, -0.2) is 31.7 Å². The molecule has 104 valence electrons. The minimum atomic E-state index is -0.460. The monoisotopic (exact) mass is 263 g/mol. The Morgan fingerprint density at radius 1 is 1.47 bits per heavy atom. The molecule has 1 saturated heterocycles. The van der Waals surface area contributed by atoms with Crippen LogP contribution in [0.2, 0.25) is 0 Å². The zero-order chi connectivity index (χ0) is 14.0. The molecule has 1 aliphatic rings. The Kier molecular flexibility index (Phi) is 3.66. The number of benzene rings is 1. The third-order valence-electron chi connectivity index (χ3n) is 3.80. The molecule has 0 bridgehead atoms. The van der Waals surface area contributed by atoms with Crippen molar-refractivity contribution in [1.29, 1.82) is 0 Å². The van der Waals surface area contributed by atoms with Crippen LogP contribution in [0.3, 0.4) is 0 Å². The van der Waals surface area contributed by atoms with Gasteiger partial charge in [-0.1, -0.05) is 0 Å². The Hall–Kier alpha value is -1.75. The van der Waals surface area contributed by atoms with Gasteiger partial charge >= 0.3 is 0 Å². The number of piperidine rings is 1. The molecule has 1 aromatic carbocycles. The summed E-state index contributed by atoms with van der Waals surface area (Å²) < 4.78 is 5.58. The summed E-state index contributed by atoms with van der Waals surface area (Å²) in [6.45, 7) is 3.84. The zero-order valence-electron chi connectivity index (χ0n) is 11.5. The third kappa shape index (κ3) is 2.81. The van der Waals surface area contributed by atoms with E-state index < -0.39 is 5.91 Å². The molecule has 5 heteroatoms. The van der Waals surface area contributed by atoms with E-state index in [9.17, 15) is 4.79 Å². The van der Waals surface area contributed by atoms with E-state index in [1.54, 1.807) is 19.2 Å². The van der Waals surface area contributed by atoms with Crippen LogP contribution in [0.1, 0.15) is 30.1 Å². The SMILES string of the molecule is COC1(C)CCCN(c2ccc(C(N)=O)cc2N)C1. The van der Waals surface area contributed by atoms with Crippen molar-refractivity contribution in [2.45, 2.75) is 25.4 Å². The minimum Gasteiger partial charge on any atom is -0.397 e. The summed E-state index contributed by atoms with van der Waals surface area (Å²) in [5.41, 5.74) is 13.1. The molecule has 0 radical (unpaired) electrons. The van der Waals surface area contributed by atoms with Gasteiger partial charge in [0.25, 0.3) is 0 Å². The summed E-state index contributed by atoms with van der Waals surface area (Å²) in [5, 5.41) is 0. The van der Waals surface area contributed by atoms with Gasteiger partial charge in [-0.15, -0.1) is 0 Å². The molecule has 0 spiro atoms. The minimum absolute atomic E-state index is 0.146. The smallest absolute Gasteiger partial charge is 0.248 e. The first-order valence-corrected chi connectivity index (χ1v) is 6.45. The summed E-state index contributed by atoms with van der Waals surface area (Å²) in [4.78, 5) is 13.3. The largest absolute Gasteiger partial charge is 0.397 e. The molecule has 1 heterocycles. The molecule has 1 unspecified atom stereocenters. The fourth-order valence-electron chi connectivity index (χ4n) is 2.57. The second-order valence-electron chi connectivity index (χ2n) is 5.32. The number of primary amides is 1. The first kappa shape index (κ1) is 13.7. The highest BCUT2D eigenvalue weighted by Gasteiger charge is 2.31. The van der Waals surface area contributed by atoms with Gasteiger partial charge in [0.15, 0.2) is 0 Å². The van der Waals surface area contributed by atoms with Gasteiger partial charge in [-0.05, 0) is 38.0 Å². The number of ether oxygens (including phenoxy) is 1. The van der Waals surface area contributed by atoms with Gasteiger partial charge in [-0.25, -0.2) is 0 Å². The fraction of sp³-hybridized carbons (Fsp3) is 0.500. The molecule has 1 aliphatic heterocycles. The molecule has 0 aliphatic carbocycles. The Bertz CT molecular complexity index is 490. The van der Waals surface area contributed by atoms with Crippen molar-refractivity contribution >= 4 is 17.3 Å². The number of nitrogens with zero attached hydrogens (tertiary/aromatic N) is 1. The van der Waals surface area contributed by atoms with Crippen LogP contribution in [0, 0.1) is 0 Å². The Labute approximate surface area is 113 Å². The van der Waals surface area contributed by atoms with Gasteiger partial charge in [-0.3, -0.25) is 4.79 Å². The normalized spacial score (nSPS) is 23.4. The van der Waals surface area contributed by atoms with Crippen molar-refractivity contribution in [1.82, 2.24) is 0 Å². The fourth-order valence-corrected chi connectivity index (χ4v) is 2.57. The van der Waals surface area contributed by atoms with Gasteiger partial charge in [0.05, 0.1) is 17.0 Å². The van der Waals surface area contributed by atoms with E-state index >= 15 is 0 Å². The van der Waals surface area contributed by atoms with Crippen LogP contribution < -0.4 is 16.4 Å². The maximum atomic E-state index is 11.1. The van der Waals surface area contributed by atoms with E-state index in [4.69, 9.17) is 16.2 Å². The number of amides is 1. The molecule has 0 aromatic heterocycles. The predicted octanol–water partition coefficient (Wildman–Crippen LogP) is 1.37. The summed E-state index contributed by atoms with van der Waals surface area (Å²) >= 11 is 0. The number of nitrogen functional groups attached to an aromatic ring is 1. The number of methoxy groups -OCH3 is 1. The van der Waals surface area contributed by atoms with E-state index in [1.807, 2.05) is 6.07 Å². The summed E-state index contributed by atoms with van der Waals surface area (Å²) in [6, 6.07) is 5.21. The molecule has 1 fully saturated rings. The van der Waals surface area contributed by atoms with Crippen molar-refractivity contribution < 1.29 is 9.53 Å². The highest BCUT2D eigenvalue weighted by molar-refractivity contribution is 5.94. The first-order valence-electron chi connectivity index (χ1n) is 6.45. The van der Waals surface area contributed by atoms with Crippen molar-refractivity contribution in [3.63, 3.8) is 0 Å². The highest BCUT2D eigenvalue weighted by atomic mass is 16.5. The Morgan fingerprint density at radius 2 is 2.21 bits per heavy atom. The molecule has 0 saturated carbocycles. The lowest BCUT2D eigenvalue weighted by atomic mass is 9.94. The topological polar surface area (TPSA) is 81.6 Å². The Morgan fingerprint density at radius 3 is 2.79 bits per heavy atom. The van der Waals surface area contributed by atoms with Crippen molar-refractivity contribution in [2.24, 2.45) is 5.73 Å². The van der Waals surface area contributed by atoms with Crippen LogP contribution in [0.15, 0.2) is 18.2 Å². The lowest BCUT2D eigenvalue weighted by molar-refractivity contribution is -0.00462. The summed E-state index contributed by atoms with van der Waals surface area (Å²) in [7, 11) is 1.74. The maximum absolute atomic E-state index is 11.1. The number of carbonyl (C=O) groups is 1. The van der Waals surface area contributed by atoms with Crippen LogP contribution in [0.25, 0.3) is 0 Å². The quantitative estimate of drug-likeness (QED) is 0.807. The molecule has 1 amide bonds. The average Bonchev–Trinajstić information content (AvgIpc) is 2.38. The second-order valence-corrected chi connectivity index (χ2v) is 5.32. The third-order valence-corrected chi connectivity index (χ3v) is 3.80. The molecule has 19 heavy (non-hydrogen) atoms. The highest BCUT2D eigenvalue weighted by Crippen LogP contribution is 2.31. The molecular weight excluding hydrogens is 242 g/mol. The lowest BCUT2D eigenvalue weighted by Gasteiger charge is -2.41. The summed E-state index contributed by atoms with van der Waals surface area (Å²) in [6.07, 6.45) is 2.10. The van der Waals surface area contributed by atoms with Gasteiger partial charge in [-0.2, -0.15) is 0 Å². The first-order chi connectivity index (χ1) is 8.95. The molecule has 2 rings (SSSR count). The van der Waals surface area contributed by atoms with Gasteiger partial charge < -0.3 is 21.1 Å². The molecule has 1 aromatic rings. The van der Waals surface area contributed by atoms with Gasteiger partial charge in [0.2, 0.25) is 5.91 Å². The van der Waals surface area contributed by atoms with Crippen LogP contribution in [0.4, 0.5) is 11.4 Å². The number of rotatable bonds is 3. The number of anilines is 2. The van der Waals surface area contributed by atoms with Crippen molar-refractivity contribution in [2.75, 3.05) is 30.8 Å². The van der Waals surface area contributed by atoms with E-state index in [0.717, 1.165) is 31.6 Å². The molecular formula is C14H21N3O2. The van der Waals surface area contributed by atoms with E-state index in [1.165, 1.54) is 0 Å².